The normalized spacial score (nSPS) is 11.3. The van der Waals surface area contributed by atoms with Crippen molar-refractivity contribution in [2.45, 2.75) is 11.8 Å². The van der Waals surface area contributed by atoms with Crippen molar-refractivity contribution < 1.29 is 8.42 Å². The van der Waals surface area contributed by atoms with Gasteiger partial charge >= 0.3 is 0 Å². The highest BCUT2D eigenvalue weighted by molar-refractivity contribution is 7.92. The van der Waals surface area contributed by atoms with Crippen LogP contribution in [0.4, 0.5) is 11.4 Å². The van der Waals surface area contributed by atoms with Gasteiger partial charge in [-0.15, -0.1) is 0 Å². The molecule has 0 saturated heterocycles. The molecule has 2 N–H and O–H groups in total. The zero-order valence-electron chi connectivity index (χ0n) is 10.7. The lowest BCUT2D eigenvalue weighted by molar-refractivity contribution is 0.594. The Balaban J connectivity index is 2.49. The van der Waals surface area contributed by atoms with Crippen LogP contribution in [0.3, 0.4) is 0 Å². The summed E-state index contributed by atoms with van der Waals surface area (Å²) in [5.74, 6) is 0. The molecule has 6 heteroatoms. The highest BCUT2D eigenvalue weighted by atomic mass is 32.2. The zero-order chi connectivity index (χ0) is 14.0. The third-order valence-electron chi connectivity index (χ3n) is 2.82. The Bertz CT molecular complexity index is 699. The van der Waals surface area contributed by atoms with Gasteiger partial charge in [-0.25, -0.2) is 8.42 Å². The van der Waals surface area contributed by atoms with Gasteiger partial charge in [-0.05, 0) is 30.7 Å². The summed E-state index contributed by atoms with van der Waals surface area (Å²) in [7, 11) is -2.14. The predicted octanol–water partition coefficient (Wildman–Crippen LogP) is 1.80. The lowest BCUT2D eigenvalue weighted by atomic mass is 10.2. The Labute approximate surface area is 112 Å². The van der Waals surface area contributed by atoms with Crippen LogP contribution in [0.5, 0.6) is 0 Å². The summed E-state index contributed by atoms with van der Waals surface area (Å²) in [6.07, 6.45) is 2.94. The van der Waals surface area contributed by atoms with Gasteiger partial charge in [-0.3, -0.25) is 9.29 Å². The van der Waals surface area contributed by atoms with Crippen LogP contribution in [-0.2, 0) is 10.0 Å². The largest absolute Gasteiger partial charge is 0.396 e. The van der Waals surface area contributed by atoms with Crippen LogP contribution in [0.2, 0.25) is 0 Å². The maximum Gasteiger partial charge on any atom is 0.264 e. The predicted molar refractivity (Wildman–Crippen MR) is 75.4 cm³/mol. The Morgan fingerprint density at radius 3 is 2.63 bits per heavy atom. The molecular formula is C13H15N3O2S. The molecule has 2 aromatic rings. The van der Waals surface area contributed by atoms with Gasteiger partial charge in [0.25, 0.3) is 10.0 Å². The van der Waals surface area contributed by atoms with Crippen molar-refractivity contribution in [2.24, 2.45) is 0 Å². The molecule has 0 spiro atoms. The Kier molecular flexibility index (Phi) is 3.44. The fourth-order valence-electron chi connectivity index (χ4n) is 1.75. The standard InChI is InChI=1S/C13H15N3O2S/c1-10-4-3-5-11(8-10)19(17,18)16(2)13-6-7-15-9-12(13)14/h3-9H,14H2,1-2H3. The van der Waals surface area contributed by atoms with Gasteiger partial charge in [0.05, 0.1) is 22.5 Å². The molecule has 100 valence electrons. The van der Waals surface area contributed by atoms with Gasteiger partial charge < -0.3 is 5.73 Å². The molecular weight excluding hydrogens is 262 g/mol. The van der Waals surface area contributed by atoms with Crippen LogP contribution in [-0.4, -0.2) is 20.4 Å². The monoisotopic (exact) mass is 277 g/mol. The van der Waals surface area contributed by atoms with Gasteiger partial charge in [0, 0.05) is 13.2 Å². The summed E-state index contributed by atoms with van der Waals surface area (Å²) in [5.41, 5.74) is 7.38. The fraction of sp³-hybridized carbons (Fsp3) is 0.154. The summed E-state index contributed by atoms with van der Waals surface area (Å²) >= 11 is 0. The first-order chi connectivity index (χ1) is 8.93. The molecule has 0 saturated carbocycles. The lowest BCUT2D eigenvalue weighted by Crippen LogP contribution is -2.27. The average Bonchev–Trinajstić information content (AvgIpc) is 2.38. The maximum atomic E-state index is 12.5. The molecule has 0 aliphatic carbocycles. The van der Waals surface area contributed by atoms with E-state index in [1.807, 2.05) is 13.0 Å². The number of nitrogens with zero attached hydrogens (tertiary/aromatic N) is 2. The molecule has 0 bridgehead atoms. The molecule has 1 aromatic heterocycles. The van der Waals surface area contributed by atoms with Gasteiger partial charge in [0.2, 0.25) is 0 Å². The molecule has 2 rings (SSSR count). The van der Waals surface area contributed by atoms with Crippen molar-refractivity contribution in [3.63, 3.8) is 0 Å². The van der Waals surface area contributed by atoms with E-state index in [1.54, 1.807) is 24.3 Å². The molecule has 0 unspecified atom stereocenters. The molecule has 0 aliphatic rings. The van der Waals surface area contributed by atoms with E-state index < -0.39 is 10.0 Å². The summed E-state index contributed by atoms with van der Waals surface area (Å²) in [4.78, 5) is 4.09. The van der Waals surface area contributed by atoms with Crippen LogP contribution >= 0.6 is 0 Å². The molecule has 1 aromatic carbocycles. The minimum atomic E-state index is -3.61. The third-order valence-corrected chi connectivity index (χ3v) is 4.58. The number of aryl methyl sites for hydroxylation is 1. The van der Waals surface area contributed by atoms with E-state index in [4.69, 9.17) is 5.73 Å². The topological polar surface area (TPSA) is 76.3 Å². The van der Waals surface area contributed by atoms with Crippen molar-refractivity contribution in [2.75, 3.05) is 17.1 Å². The van der Waals surface area contributed by atoms with Crippen molar-refractivity contribution in [1.29, 1.82) is 0 Å². The number of sulfonamides is 1. The van der Waals surface area contributed by atoms with E-state index in [1.165, 1.54) is 23.7 Å². The van der Waals surface area contributed by atoms with Crippen molar-refractivity contribution in [1.82, 2.24) is 4.98 Å². The van der Waals surface area contributed by atoms with Crippen molar-refractivity contribution in [3.8, 4) is 0 Å². The fourth-order valence-corrected chi connectivity index (χ4v) is 3.08. The number of rotatable bonds is 3. The second kappa shape index (κ2) is 4.89. The van der Waals surface area contributed by atoms with E-state index in [9.17, 15) is 8.42 Å². The summed E-state index contributed by atoms with van der Waals surface area (Å²) in [5, 5.41) is 0. The van der Waals surface area contributed by atoms with E-state index in [-0.39, 0.29) is 4.90 Å². The molecule has 0 aliphatic heterocycles. The van der Waals surface area contributed by atoms with Crippen LogP contribution in [0.25, 0.3) is 0 Å². The number of hydrogen-bond acceptors (Lipinski definition) is 4. The second-order valence-electron chi connectivity index (χ2n) is 4.22. The highest BCUT2D eigenvalue weighted by Crippen LogP contribution is 2.26. The summed E-state index contributed by atoms with van der Waals surface area (Å²) < 4.78 is 26.1. The molecule has 1 heterocycles. The second-order valence-corrected chi connectivity index (χ2v) is 6.19. The molecule has 5 nitrogen and oxygen atoms in total. The van der Waals surface area contributed by atoms with Crippen LogP contribution in [0.15, 0.2) is 47.6 Å². The zero-order valence-corrected chi connectivity index (χ0v) is 11.6. The number of nitrogens with two attached hydrogens (primary N) is 1. The van der Waals surface area contributed by atoms with Gasteiger partial charge in [0.1, 0.15) is 0 Å². The molecule has 0 radical (unpaired) electrons. The number of pyridine rings is 1. The van der Waals surface area contributed by atoms with Crippen LogP contribution in [0.1, 0.15) is 5.56 Å². The summed E-state index contributed by atoms with van der Waals surface area (Å²) in [6, 6.07) is 8.33. The van der Waals surface area contributed by atoms with E-state index in [0.717, 1.165) is 5.56 Å². The smallest absolute Gasteiger partial charge is 0.264 e. The lowest BCUT2D eigenvalue weighted by Gasteiger charge is -2.20. The van der Waals surface area contributed by atoms with Gasteiger partial charge in [0.15, 0.2) is 0 Å². The maximum absolute atomic E-state index is 12.5. The van der Waals surface area contributed by atoms with E-state index in [2.05, 4.69) is 4.98 Å². The number of nitrogen functional groups attached to an aromatic ring is 1. The average molecular weight is 277 g/mol. The number of aromatic nitrogens is 1. The van der Waals surface area contributed by atoms with E-state index >= 15 is 0 Å². The number of benzene rings is 1. The number of anilines is 2. The van der Waals surface area contributed by atoms with E-state index in [0.29, 0.717) is 11.4 Å². The molecule has 19 heavy (non-hydrogen) atoms. The first kappa shape index (κ1) is 13.4. The highest BCUT2D eigenvalue weighted by Gasteiger charge is 2.22. The third kappa shape index (κ3) is 2.53. The van der Waals surface area contributed by atoms with Gasteiger partial charge in [-0.1, -0.05) is 12.1 Å². The van der Waals surface area contributed by atoms with Crippen LogP contribution < -0.4 is 10.0 Å². The van der Waals surface area contributed by atoms with Crippen molar-refractivity contribution in [3.05, 3.63) is 48.3 Å². The Hall–Kier alpha value is -2.08. The molecule has 0 amide bonds. The Morgan fingerprint density at radius 2 is 2.00 bits per heavy atom. The van der Waals surface area contributed by atoms with Crippen molar-refractivity contribution >= 4 is 21.4 Å². The first-order valence-corrected chi connectivity index (χ1v) is 7.12. The minimum absolute atomic E-state index is 0.242. The van der Waals surface area contributed by atoms with Gasteiger partial charge in [-0.2, -0.15) is 0 Å². The first-order valence-electron chi connectivity index (χ1n) is 5.68. The minimum Gasteiger partial charge on any atom is -0.396 e. The summed E-state index contributed by atoms with van der Waals surface area (Å²) in [6.45, 7) is 1.85. The quantitative estimate of drug-likeness (QED) is 0.928. The molecule has 0 fully saturated rings. The van der Waals surface area contributed by atoms with Crippen LogP contribution in [0, 0.1) is 6.92 Å². The molecule has 0 atom stereocenters. The SMILES string of the molecule is Cc1cccc(S(=O)(=O)N(C)c2ccncc2N)c1. The number of hydrogen-bond donors (Lipinski definition) is 1. The Morgan fingerprint density at radius 1 is 1.26 bits per heavy atom.